The predicted octanol–water partition coefficient (Wildman–Crippen LogP) is 0.237. The Kier molecular flexibility index (Phi) is 1.46. The van der Waals surface area contributed by atoms with E-state index < -0.39 is 12.0 Å². The van der Waals surface area contributed by atoms with Gasteiger partial charge in [-0.15, -0.1) is 0 Å². The molecule has 0 radical (unpaired) electrons. The van der Waals surface area contributed by atoms with Crippen LogP contribution in [0.3, 0.4) is 0 Å². The molecule has 4 nitrogen and oxygen atoms in total. The standard InChI is InChI=1S/C8H8N2O2/c11-8(12)6-5-10-4-2-1-3-7(10)9-6/h1-4,6H,5H2,(H,11,12)/t6-/m0/s1. The van der Waals surface area contributed by atoms with E-state index in [0.29, 0.717) is 6.54 Å². The first-order valence-electron chi connectivity index (χ1n) is 3.69. The summed E-state index contributed by atoms with van der Waals surface area (Å²) in [5.74, 6) is -0.122. The number of nitrogens with zero attached hydrogens (tertiary/aromatic N) is 2. The van der Waals surface area contributed by atoms with Crippen LogP contribution in [0.2, 0.25) is 0 Å². The molecule has 0 saturated carbocycles. The largest absolute Gasteiger partial charge is 0.480 e. The number of carboxylic acids is 1. The van der Waals surface area contributed by atoms with Crippen molar-refractivity contribution in [2.24, 2.45) is 4.99 Å². The molecule has 0 saturated heterocycles. The molecule has 0 aromatic heterocycles. The first-order valence-corrected chi connectivity index (χ1v) is 3.69. The molecule has 0 bridgehead atoms. The lowest BCUT2D eigenvalue weighted by Gasteiger charge is -2.14. The number of hydrogen-bond donors (Lipinski definition) is 1. The van der Waals surface area contributed by atoms with Crippen molar-refractivity contribution >= 4 is 11.8 Å². The zero-order chi connectivity index (χ0) is 8.55. The fourth-order valence-corrected chi connectivity index (χ4v) is 1.26. The molecule has 62 valence electrons. The smallest absolute Gasteiger partial charge is 0.330 e. The number of allylic oxidation sites excluding steroid dienone is 2. The average Bonchev–Trinajstić information content (AvgIpc) is 2.46. The molecule has 2 heterocycles. The second kappa shape index (κ2) is 2.48. The van der Waals surface area contributed by atoms with Crippen LogP contribution in [0, 0.1) is 0 Å². The van der Waals surface area contributed by atoms with Gasteiger partial charge in [-0.2, -0.15) is 0 Å². The van der Waals surface area contributed by atoms with Crippen molar-refractivity contribution in [3.8, 4) is 0 Å². The van der Waals surface area contributed by atoms with E-state index in [4.69, 9.17) is 5.11 Å². The van der Waals surface area contributed by atoms with Crippen LogP contribution in [0.4, 0.5) is 0 Å². The Morgan fingerprint density at radius 3 is 3.17 bits per heavy atom. The maximum atomic E-state index is 10.6. The van der Waals surface area contributed by atoms with Gasteiger partial charge in [-0.3, -0.25) is 4.99 Å². The molecule has 2 aliphatic heterocycles. The van der Waals surface area contributed by atoms with Crippen LogP contribution in [-0.2, 0) is 4.79 Å². The van der Waals surface area contributed by atoms with E-state index in [9.17, 15) is 4.79 Å². The van der Waals surface area contributed by atoms with Crippen molar-refractivity contribution < 1.29 is 9.90 Å². The van der Waals surface area contributed by atoms with Gasteiger partial charge in [-0.1, -0.05) is 6.08 Å². The van der Waals surface area contributed by atoms with E-state index >= 15 is 0 Å². The Labute approximate surface area is 69.5 Å². The Morgan fingerprint density at radius 2 is 2.50 bits per heavy atom. The normalized spacial score (nSPS) is 25.5. The number of rotatable bonds is 1. The number of fused-ring (bicyclic) bond motifs is 1. The molecular weight excluding hydrogens is 156 g/mol. The van der Waals surface area contributed by atoms with Crippen molar-refractivity contribution in [2.75, 3.05) is 6.54 Å². The van der Waals surface area contributed by atoms with E-state index in [1.165, 1.54) is 0 Å². The zero-order valence-corrected chi connectivity index (χ0v) is 6.34. The molecule has 2 rings (SSSR count). The van der Waals surface area contributed by atoms with E-state index in [-0.39, 0.29) is 0 Å². The van der Waals surface area contributed by atoms with E-state index in [2.05, 4.69) is 4.99 Å². The van der Waals surface area contributed by atoms with Gasteiger partial charge in [0.2, 0.25) is 0 Å². The fourth-order valence-electron chi connectivity index (χ4n) is 1.26. The van der Waals surface area contributed by atoms with Crippen LogP contribution in [-0.4, -0.2) is 34.4 Å². The van der Waals surface area contributed by atoms with Crippen molar-refractivity contribution in [3.05, 3.63) is 24.4 Å². The van der Waals surface area contributed by atoms with Crippen LogP contribution in [0.5, 0.6) is 0 Å². The minimum Gasteiger partial charge on any atom is -0.480 e. The Balaban J connectivity index is 2.23. The number of aliphatic carboxylic acids is 1. The van der Waals surface area contributed by atoms with Gasteiger partial charge in [0.05, 0.1) is 6.54 Å². The Morgan fingerprint density at radius 1 is 1.67 bits per heavy atom. The van der Waals surface area contributed by atoms with Crippen molar-refractivity contribution in [1.29, 1.82) is 0 Å². The summed E-state index contributed by atoms with van der Waals surface area (Å²) in [6.07, 6.45) is 7.35. The first kappa shape index (κ1) is 7.09. The minimum absolute atomic E-state index is 0.450. The van der Waals surface area contributed by atoms with Gasteiger partial charge in [0.1, 0.15) is 5.84 Å². The molecule has 1 N–H and O–H groups in total. The van der Waals surface area contributed by atoms with Gasteiger partial charge in [-0.05, 0) is 12.2 Å². The number of aliphatic imine (C=N–C) groups is 1. The molecule has 0 spiro atoms. The van der Waals surface area contributed by atoms with Crippen LogP contribution in [0.15, 0.2) is 29.4 Å². The molecule has 4 heteroatoms. The third-order valence-electron chi connectivity index (χ3n) is 1.86. The molecule has 0 unspecified atom stereocenters. The molecule has 12 heavy (non-hydrogen) atoms. The highest BCUT2D eigenvalue weighted by Gasteiger charge is 2.27. The number of carbonyl (C=O) groups is 1. The summed E-state index contributed by atoms with van der Waals surface area (Å²) < 4.78 is 0. The summed E-state index contributed by atoms with van der Waals surface area (Å²) >= 11 is 0. The quantitative estimate of drug-likeness (QED) is 0.603. The minimum atomic E-state index is -0.862. The predicted molar refractivity (Wildman–Crippen MR) is 43.8 cm³/mol. The van der Waals surface area contributed by atoms with Gasteiger partial charge in [0, 0.05) is 6.20 Å². The summed E-state index contributed by atoms with van der Waals surface area (Å²) in [4.78, 5) is 16.4. The molecule has 2 aliphatic rings. The average molecular weight is 164 g/mol. The molecular formula is C8H8N2O2. The van der Waals surface area contributed by atoms with Crippen molar-refractivity contribution in [3.63, 3.8) is 0 Å². The first-order chi connectivity index (χ1) is 5.77. The number of hydrogen-bond acceptors (Lipinski definition) is 3. The van der Waals surface area contributed by atoms with Gasteiger partial charge in [-0.25, -0.2) is 4.79 Å². The van der Waals surface area contributed by atoms with Crippen LogP contribution < -0.4 is 0 Å². The van der Waals surface area contributed by atoms with E-state index in [1.54, 1.807) is 0 Å². The molecule has 1 atom stereocenters. The second-order valence-corrected chi connectivity index (χ2v) is 2.69. The van der Waals surface area contributed by atoms with Crippen LogP contribution in [0.1, 0.15) is 0 Å². The fraction of sp³-hybridized carbons (Fsp3) is 0.250. The summed E-state index contributed by atoms with van der Waals surface area (Å²) in [5.41, 5.74) is 0. The molecule has 0 aromatic carbocycles. The monoisotopic (exact) mass is 164 g/mol. The Hall–Kier alpha value is -1.58. The van der Waals surface area contributed by atoms with Crippen LogP contribution >= 0.6 is 0 Å². The summed E-state index contributed by atoms with van der Waals surface area (Å²) in [6, 6.07) is -0.604. The third-order valence-corrected chi connectivity index (χ3v) is 1.86. The van der Waals surface area contributed by atoms with Crippen molar-refractivity contribution in [1.82, 2.24) is 4.90 Å². The maximum Gasteiger partial charge on any atom is 0.330 e. The highest BCUT2D eigenvalue weighted by Crippen LogP contribution is 2.13. The zero-order valence-electron chi connectivity index (χ0n) is 6.34. The number of carboxylic acid groups (broad SMARTS) is 1. The summed E-state index contributed by atoms with van der Waals surface area (Å²) in [5, 5.41) is 8.68. The summed E-state index contributed by atoms with van der Waals surface area (Å²) in [7, 11) is 0. The van der Waals surface area contributed by atoms with Gasteiger partial charge < -0.3 is 10.0 Å². The third kappa shape index (κ3) is 1.01. The highest BCUT2D eigenvalue weighted by atomic mass is 16.4. The molecule has 0 aromatic rings. The molecule has 0 amide bonds. The second-order valence-electron chi connectivity index (χ2n) is 2.69. The van der Waals surface area contributed by atoms with Gasteiger partial charge >= 0.3 is 5.97 Å². The van der Waals surface area contributed by atoms with E-state index in [0.717, 1.165) is 5.84 Å². The maximum absolute atomic E-state index is 10.6. The molecule has 0 aliphatic carbocycles. The number of amidine groups is 1. The van der Waals surface area contributed by atoms with Crippen molar-refractivity contribution in [2.45, 2.75) is 6.04 Å². The van der Waals surface area contributed by atoms with Crippen LogP contribution in [0.25, 0.3) is 0 Å². The lowest BCUT2D eigenvalue weighted by molar-refractivity contribution is -0.138. The lowest BCUT2D eigenvalue weighted by atomic mass is 10.3. The molecule has 0 fully saturated rings. The lowest BCUT2D eigenvalue weighted by Crippen LogP contribution is -2.27. The van der Waals surface area contributed by atoms with E-state index in [1.807, 2.05) is 29.3 Å². The van der Waals surface area contributed by atoms with Gasteiger partial charge in [0.25, 0.3) is 0 Å². The topological polar surface area (TPSA) is 52.9 Å². The SMILES string of the molecule is O=C(O)[C@@H]1CN2C=CC=CC2=N1. The van der Waals surface area contributed by atoms with Gasteiger partial charge in [0.15, 0.2) is 6.04 Å². The highest BCUT2D eigenvalue weighted by molar-refractivity contribution is 5.98. The Bertz CT molecular complexity index is 304. The summed E-state index contributed by atoms with van der Waals surface area (Å²) in [6.45, 7) is 0.450.